The van der Waals surface area contributed by atoms with Gasteiger partial charge in [-0.15, -0.1) is 11.8 Å². The van der Waals surface area contributed by atoms with Gasteiger partial charge in [0.2, 0.25) is 0 Å². The first-order chi connectivity index (χ1) is 8.63. The average molecular weight is 270 g/mol. The van der Waals surface area contributed by atoms with Gasteiger partial charge in [-0.1, -0.05) is 27.2 Å². The highest BCUT2D eigenvalue weighted by Gasteiger charge is 2.13. The third kappa shape index (κ3) is 3.92. The number of hydrogen-bond acceptors (Lipinski definition) is 4. The molecule has 0 unspecified atom stereocenters. The van der Waals surface area contributed by atoms with Gasteiger partial charge in [0.1, 0.15) is 5.03 Å². The average Bonchev–Trinajstić information content (AvgIpc) is 2.62. The molecule has 2 N–H and O–H groups in total. The molecule has 0 aliphatic rings. The topological polar surface area (TPSA) is 47.1 Å². The Bertz CT molecular complexity index is 358. The second-order valence-corrected chi connectivity index (χ2v) is 5.50. The van der Waals surface area contributed by atoms with Crippen molar-refractivity contribution in [2.45, 2.75) is 38.6 Å². The number of aromatic nitrogens is 2. The molecule has 0 atom stereocenters. The molecule has 0 fully saturated rings. The van der Waals surface area contributed by atoms with Crippen LogP contribution in [0.25, 0.3) is 0 Å². The van der Waals surface area contributed by atoms with Crippen LogP contribution in [0.3, 0.4) is 0 Å². The van der Waals surface area contributed by atoms with Crippen LogP contribution in [0.5, 0.6) is 0 Å². The summed E-state index contributed by atoms with van der Waals surface area (Å²) < 4.78 is 1.92. The van der Waals surface area contributed by atoms with Gasteiger partial charge in [0, 0.05) is 19.3 Å². The molecule has 1 aromatic rings. The number of nitrogens with zero attached hydrogens (tertiary/aromatic N) is 3. The molecule has 0 saturated carbocycles. The lowest BCUT2D eigenvalue weighted by Gasteiger charge is -2.17. The first-order valence-corrected chi connectivity index (χ1v) is 7.79. The van der Waals surface area contributed by atoms with Gasteiger partial charge in [0.15, 0.2) is 0 Å². The number of rotatable bonds is 8. The maximum atomic E-state index is 6.15. The molecule has 1 heterocycles. The molecule has 18 heavy (non-hydrogen) atoms. The Kier molecular flexibility index (Phi) is 6.57. The van der Waals surface area contributed by atoms with E-state index in [1.165, 1.54) is 0 Å². The fraction of sp³-hybridized carbons (Fsp3) is 0.769. The van der Waals surface area contributed by atoms with Crippen molar-refractivity contribution in [3.8, 4) is 0 Å². The van der Waals surface area contributed by atoms with E-state index >= 15 is 0 Å². The van der Waals surface area contributed by atoms with Crippen LogP contribution in [0, 0.1) is 0 Å². The smallest absolute Gasteiger partial charge is 0.117 e. The Hall–Kier alpha value is -0.680. The Morgan fingerprint density at radius 2 is 1.94 bits per heavy atom. The quantitative estimate of drug-likeness (QED) is 0.737. The summed E-state index contributed by atoms with van der Waals surface area (Å²) in [5.41, 5.74) is 8.08. The summed E-state index contributed by atoms with van der Waals surface area (Å²) in [6, 6.07) is 0. The van der Waals surface area contributed by atoms with Crippen molar-refractivity contribution in [2.24, 2.45) is 7.05 Å². The molecule has 5 heteroatoms. The molecule has 0 radical (unpaired) electrons. The zero-order chi connectivity index (χ0) is 13.5. The van der Waals surface area contributed by atoms with Crippen molar-refractivity contribution >= 4 is 17.4 Å². The lowest BCUT2D eigenvalue weighted by molar-refractivity contribution is 0.324. The molecule has 4 nitrogen and oxygen atoms in total. The zero-order valence-corrected chi connectivity index (χ0v) is 12.9. The summed E-state index contributed by atoms with van der Waals surface area (Å²) in [5, 5.41) is 5.61. The van der Waals surface area contributed by atoms with Crippen molar-refractivity contribution in [1.82, 2.24) is 14.7 Å². The molecule has 0 spiro atoms. The van der Waals surface area contributed by atoms with Crippen LogP contribution in [0.1, 0.15) is 32.9 Å². The lowest BCUT2D eigenvalue weighted by Crippen LogP contribution is -2.25. The van der Waals surface area contributed by atoms with Gasteiger partial charge in [-0.3, -0.25) is 4.68 Å². The largest absolute Gasteiger partial charge is 0.395 e. The van der Waals surface area contributed by atoms with E-state index in [-0.39, 0.29) is 0 Å². The minimum Gasteiger partial charge on any atom is -0.395 e. The van der Waals surface area contributed by atoms with Crippen LogP contribution in [-0.2, 0) is 13.5 Å². The van der Waals surface area contributed by atoms with E-state index in [0.29, 0.717) is 0 Å². The van der Waals surface area contributed by atoms with Gasteiger partial charge in [0.25, 0.3) is 0 Å². The highest BCUT2D eigenvalue weighted by molar-refractivity contribution is 7.99. The minimum atomic E-state index is 0.879. The molecule has 0 aromatic carbocycles. The molecule has 0 aliphatic heterocycles. The van der Waals surface area contributed by atoms with Crippen molar-refractivity contribution in [1.29, 1.82) is 0 Å². The standard InChI is InChI=1S/C13H26N4S/c1-5-8-11-12(14)13(16(4)15-11)18-10-9-17(6-2)7-3/h5-10,14H2,1-4H3. The molecular weight excluding hydrogens is 244 g/mol. The summed E-state index contributed by atoms with van der Waals surface area (Å²) in [6.07, 6.45) is 2.06. The van der Waals surface area contributed by atoms with Crippen molar-refractivity contribution < 1.29 is 0 Å². The minimum absolute atomic E-state index is 0.879. The molecule has 0 aliphatic carbocycles. The number of thioether (sulfide) groups is 1. The number of hydrogen-bond donors (Lipinski definition) is 1. The Labute approximate surface area is 115 Å². The predicted molar refractivity (Wildman–Crippen MR) is 80.1 cm³/mol. The van der Waals surface area contributed by atoms with Crippen molar-refractivity contribution in [2.75, 3.05) is 31.1 Å². The highest BCUT2D eigenvalue weighted by atomic mass is 32.2. The summed E-state index contributed by atoms with van der Waals surface area (Å²) in [5.74, 6) is 1.07. The predicted octanol–water partition coefficient (Wildman–Crippen LogP) is 2.39. The second kappa shape index (κ2) is 7.69. The van der Waals surface area contributed by atoms with E-state index in [1.54, 1.807) is 0 Å². The van der Waals surface area contributed by atoms with Gasteiger partial charge in [0.05, 0.1) is 11.4 Å². The third-order valence-electron chi connectivity index (χ3n) is 3.13. The monoisotopic (exact) mass is 270 g/mol. The first kappa shape index (κ1) is 15.4. The maximum absolute atomic E-state index is 6.15. The Balaban J connectivity index is 2.56. The van der Waals surface area contributed by atoms with Gasteiger partial charge in [-0.05, 0) is 19.5 Å². The number of aryl methyl sites for hydroxylation is 2. The van der Waals surface area contributed by atoms with E-state index in [0.717, 1.165) is 54.6 Å². The molecule has 1 aromatic heterocycles. The number of nitrogens with two attached hydrogens (primary N) is 1. The molecule has 104 valence electrons. The lowest BCUT2D eigenvalue weighted by atomic mass is 10.2. The van der Waals surface area contributed by atoms with E-state index in [1.807, 2.05) is 23.5 Å². The number of nitrogen functional groups attached to an aromatic ring is 1. The SMILES string of the molecule is CCCc1nn(C)c(SCCN(CC)CC)c1N. The second-order valence-electron chi connectivity index (χ2n) is 4.41. The molecular formula is C13H26N4S. The van der Waals surface area contributed by atoms with E-state index in [4.69, 9.17) is 5.73 Å². The van der Waals surface area contributed by atoms with Gasteiger partial charge >= 0.3 is 0 Å². The molecule has 1 rings (SSSR count). The van der Waals surface area contributed by atoms with Crippen LogP contribution >= 0.6 is 11.8 Å². The molecule has 0 bridgehead atoms. The van der Waals surface area contributed by atoms with Crippen molar-refractivity contribution in [3.05, 3.63) is 5.69 Å². The van der Waals surface area contributed by atoms with Gasteiger partial charge in [-0.2, -0.15) is 5.10 Å². The first-order valence-electron chi connectivity index (χ1n) is 6.80. The van der Waals surface area contributed by atoms with Gasteiger partial charge < -0.3 is 10.6 Å². The van der Waals surface area contributed by atoms with Crippen LogP contribution < -0.4 is 5.73 Å². The van der Waals surface area contributed by atoms with Crippen LogP contribution in [-0.4, -0.2) is 40.1 Å². The molecule has 0 saturated heterocycles. The summed E-state index contributed by atoms with van der Waals surface area (Å²) in [7, 11) is 1.98. The Morgan fingerprint density at radius 1 is 1.28 bits per heavy atom. The van der Waals surface area contributed by atoms with E-state index in [2.05, 4.69) is 30.8 Å². The summed E-state index contributed by atoms with van der Waals surface area (Å²) in [6.45, 7) is 9.88. The summed E-state index contributed by atoms with van der Waals surface area (Å²) >= 11 is 1.81. The van der Waals surface area contributed by atoms with E-state index in [9.17, 15) is 0 Å². The van der Waals surface area contributed by atoms with Crippen LogP contribution in [0.2, 0.25) is 0 Å². The van der Waals surface area contributed by atoms with Crippen LogP contribution in [0.15, 0.2) is 5.03 Å². The Morgan fingerprint density at radius 3 is 2.50 bits per heavy atom. The fourth-order valence-electron chi connectivity index (χ4n) is 1.98. The van der Waals surface area contributed by atoms with Crippen molar-refractivity contribution in [3.63, 3.8) is 0 Å². The maximum Gasteiger partial charge on any atom is 0.117 e. The van der Waals surface area contributed by atoms with Gasteiger partial charge in [-0.25, -0.2) is 0 Å². The van der Waals surface area contributed by atoms with E-state index < -0.39 is 0 Å². The molecule has 0 amide bonds. The number of anilines is 1. The highest BCUT2D eigenvalue weighted by Crippen LogP contribution is 2.27. The zero-order valence-electron chi connectivity index (χ0n) is 12.1. The third-order valence-corrected chi connectivity index (χ3v) is 4.28. The normalized spacial score (nSPS) is 11.4. The summed E-state index contributed by atoms with van der Waals surface area (Å²) in [4.78, 5) is 2.42. The van der Waals surface area contributed by atoms with Crippen LogP contribution in [0.4, 0.5) is 5.69 Å². The fourth-order valence-corrected chi connectivity index (χ4v) is 3.03.